The van der Waals surface area contributed by atoms with Crippen LogP contribution >= 0.6 is 0 Å². The fourth-order valence-electron chi connectivity index (χ4n) is 2.65. The number of ether oxygens (including phenoxy) is 1. The van der Waals surface area contributed by atoms with Crippen LogP contribution in [0, 0.1) is 5.92 Å². The summed E-state index contributed by atoms with van der Waals surface area (Å²) in [6.45, 7) is 6.91. The summed E-state index contributed by atoms with van der Waals surface area (Å²) >= 11 is 0. The monoisotopic (exact) mass is 304 g/mol. The maximum absolute atomic E-state index is 12.7. The lowest BCUT2D eigenvalue weighted by molar-refractivity contribution is -0.144. The summed E-state index contributed by atoms with van der Waals surface area (Å²) in [5, 5.41) is 2.76. The summed E-state index contributed by atoms with van der Waals surface area (Å²) in [5.74, 6) is -0.163. The molecule has 2 amide bonds. The molecule has 1 aromatic carbocycles. The molecule has 1 fully saturated rings. The summed E-state index contributed by atoms with van der Waals surface area (Å²) in [7, 11) is 0. The van der Waals surface area contributed by atoms with Gasteiger partial charge in [0.15, 0.2) is 0 Å². The van der Waals surface area contributed by atoms with Crippen molar-refractivity contribution in [3.63, 3.8) is 0 Å². The number of hydrogen-bond donors (Lipinski definition) is 1. The SMILES string of the molecule is CC(=O)NC(C(=O)N1CCOC(c2ccccc2)C1)C(C)C. The molecular formula is C17H24N2O3. The summed E-state index contributed by atoms with van der Waals surface area (Å²) in [6, 6.07) is 9.42. The fraction of sp³-hybridized carbons (Fsp3) is 0.529. The first-order valence-corrected chi connectivity index (χ1v) is 7.71. The molecule has 1 aromatic rings. The van der Waals surface area contributed by atoms with Crippen LogP contribution in [0.4, 0.5) is 0 Å². The molecule has 1 heterocycles. The van der Waals surface area contributed by atoms with Crippen molar-refractivity contribution in [2.45, 2.75) is 32.9 Å². The average Bonchev–Trinajstić information content (AvgIpc) is 2.52. The third-order valence-corrected chi connectivity index (χ3v) is 3.84. The maximum atomic E-state index is 12.7. The molecule has 0 aromatic heterocycles. The van der Waals surface area contributed by atoms with Crippen molar-refractivity contribution in [3.8, 4) is 0 Å². The Bertz CT molecular complexity index is 516. The van der Waals surface area contributed by atoms with Gasteiger partial charge in [-0.3, -0.25) is 9.59 Å². The van der Waals surface area contributed by atoms with Gasteiger partial charge in [0.1, 0.15) is 12.1 Å². The number of benzene rings is 1. The molecule has 120 valence electrons. The van der Waals surface area contributed by atoms with E-state index in [0.29, 0.717) is 19.7 Å². The Kier molecular flexibility index (Phi) is 5.55. The molecule has 0 bridgehead atoms. The lowest BCUT2D eigenvalue weighted by atomic mass is 10.0. The van der Waals surface area contributed by atoms with Crippen LogP contribution in [-0.4, -0.2) is 42.5 Å². The standard InChI is InChI=1S/C17H24N2O3/c1-12(2)16(18-13(3)20)17(21)19-9-10-22-15(11-19)14-7-5-4-6-8-14/h4-8,12,15-16H,9-11H2,1-3H3,(H,18,20). The number of rotatable bonds is 4. The van der Waals surface area contributed by atoms with Crippen LogP contribution in [0.1, 0.15) is 32.4 Å². The minimum Gasteiger partial charge on any atom is -0.370 e. The predicted octanol–water partition coefficient (Wildman–Crippen LogP) is 1.75. The number of morpholine rings is 1. The van der Waals surface area contributed by atoms with Crippen molar-refractivity contribution in [2.75, 3.05) is 19.7 Å². The van der Waals surface area contributed by atoms with Crippen molar-refractivity contribution in [1.29, 1.82) is 0 Å². The number of nitrogens with one attached hydrogen (secondary N) is 1. The van der Waals surface area contributed by atoms with Gasteiger partial charge < -0.3 is 15.0 Å². The van der Waals surface area contributed by atoms with Gasteiger partial charge in [-0.15, -0.1) is 0 Å². The Morgan fingerprint density at radius 3 is 2.55 bits per heavy atom. The Hall–Kier alpha value is -1.88. The van der Waals surface area contributed by atoms with Crippen molar-refractivity contribution in [2.24, 2.45) is 5.92 Å². The van der Waals surface area contributed by atoms with E-state index in [1.807, 2.05) is 44.2 Å². The molecule has 5 heteroatoms. The molecule has 2 atom stereocenters. The number of carbonyl (C=O) groups excluding carboxylic acids is 2. The molecular weight excluding hydrogens is 280 g/mol. The van der Waals surface area contributed by atoms with Crippen molar-refractivity contribution >= 4 is 11.8 Å². The molecule has 1 N–H and O–H groups in total. The minimum absolute atomic E-state index is 0.0329. The largest absolute Gasteiger partial charge is 0.370 e. The van der Waals surface area contributed by atoms with E-state index in [0.717, 1.165) is 5.56 Å². The highest BCUT2D eigenvalue weighted by Crippen LogP contribution is 2.23. The normalized spacial score (nSPS) is 19.8. The summed E-state index contributed by atoms with van der Waals surface area (Å²) < 4.78 is 5.78. The van der Waals surface area contributed by atoms with Crippen LogP contribution < -0.4 is 5.32 Å². The van der Waals surface area contributed by atoms with Crippen LogP contribution in [0.3, 0.4) is 0 Å². The van der Waals surface area contributed by atoms with Crippen LogP contribution in [0.5, 0.6) is 0 Å². The van der Waals surface area contributed by atoms with Gasteiger partial charge >= 0.3 is 0 Å². The maximum Gasteiger partial charge on any atom is 0.245 e. The lowest BCUT2D eigenvalue weighted by Crippen LogP contribution is -2.53. The van der Waals surface area contributed by atoms with E-state index in [9.17, 15) is 9.59 Å². The average molecular weight is 304 g/mol. The van der Waals surface area contributed by atoms with E-state index in [4.69, 9.17) is 4.74 Å². The highest BCUT2D eigenvalue weighted by Gasteiger charge is 2.31. The van der Waals surface area contributed by atoms with Crippen molar-refractivity contribution in [3.05, 3.63) is 35.9 Å². The van der Waals surface area contributed by atoms with Gasteiger partial charge in [0.2, 0.25) is 11.8 Å². The smallest absolute Gasteiger partial charge is 0.245 e. The van der Waals surface area contributed by atoms with E-state index in [-0.39, 0.29) is 23.8 Å². The van der Waals surface area contributed by atoms with Crippen LogP contribution in [0.15, 0.2) is 30.3 Å². The second-order valence-electron chi connectivity index (χ2n) is 5.98. The third kappa shape index (κ3) is 4.07. The topological polar surface area (TPSA) is 58.6 Å². The number of hydrogen-bond acceptors (Lipinski definition) is 3. The van der Waals surface area contributed by atoms with Gasteiger partial charge in [0, 0.05) is 13.5 Å². The van der Waals surface area contributed by atoms with Gasteiger partial charge in [-0.05, 0) is 11.5 Å². The first-order valence-electron chi connectivity index (χ1n) is 7.71. The van der Waals surface area contributed by atoms with E-state index in [1.54, 1.807) is 4.90 Å². The Morgan fingerprint density at radius 1 is 1.27 bits per heavy atom. The van der Waals surface area contributed by atoms with E-state index >= 15 is 0 Å². The summed E-state index contributed by atoms with van der Waals surface area (Å²) in [4.78, 5) is 25.8. The van der Waals surface area contributed by atoms with Crippen LogP contribution in [-0.2, 0) is 14.3 Å². The molecule has 1 saturated heterocycles. The highest BCUT2D eigenvalue weighted by molar-refractivity contribution is 5.87. The minimum atomic E-state index is -0.480. The van der Waals surface area contributed by atoms with Crippen LogP contribution in [0.2, 0.25) is 0 Å². The number of amides is 2. The molecule has 0 radical (unpaired) electrons. The van der Waals surface area contributed by atoms with Crippen LogP contribution in [0.25, 0.3) is 0 Å². The molecule has 1 aliphatic heterocycles. The Morgan fingerprint density at radius 2 is 1.95 bits per heavy atom. The van der Waals surface area contributed by atoms with E-state index < -0.39 is 6.04 Å². The second kappa shape index (κ2) is 7.40. The Labute approximate surface area is 131 Å². The van der Waals surface area contributed by atoms with Gasteiger partial charge in [0.05, 0.1) is 13.2 Å². The molecule has 0 saturated carbocycles. The van der Waals surface area contributed by atoms with Gasteiger partial charge in [-0.2, -0.15) is 0 Å². The van der Waals surface area contributed by atoms with Crippen molar-refractivity contribution < 1.29 is 14.3 Å². The first-order chi connectivity index (χ1) is 10.5. The number of carbonyl (C=O) groups is 2. The third-order valence-electron chi connectivity index (χ3n) is 3.84. The molecule has 0 spiro atoms. The molecule has 1 aliphatic rings. The fourth-order valence-corrected chi connectivity index (χ4v) is 2.65. The van der Waals surface area contributed by atoms with Crippen molar-refractivity contribution in [1.82, 2.24) is 10.2 Å². The van der Waals surface area contributed by atoms with Gasteiger partial charge in [-0.25, -0.2) is 0 Å². The molecule has 5 nitrogen and oxygen atoms in total. The number of nitrogens with zero attached hydrogens (tertiary/aromatic N) is 1. The molecule has 22 heavy (non-hydrogen) atoms. The second-order valence-corrected chi connectivity index (χ2v) is 5.98. The van der Waals surface area contributed by atoms with E-state index in [1.165, 1.54) is 6.92 Å². The summed E-state index contributed by atoms with van der Waals surface area (Å²) in [6.07, 6.45) is -0.107. The lowest BCUT2D eigenvalue weighted by Gasteiger charge is -2.36. The molecule has 2 unspecified atom stereocenters. The highest BCUT2D eigenvalue weighted by atomic mass is 16.5. The van der Waals surface area contributed by atoms with Gasteiger partial charge in [0.25, 0.3) is 0 Å². The van der Waals surface area contributed by atoms with E-state index in [2.05, 4.69) is 5.32 Å². The molecule has 2 rings (SSSR count). The summed E-state index contributed by atoms with van der Waals surface area (Å²) in [5.41, 5.74) is 1.07. The zero-order chi connectivity index (χ0) is 16.1. The first kappa shape index (κ1) is 16.5. The van der Waals surface area contributed by atoms with Gasteiger partial charge in [-0.1, -0.05) is 44.2 Å². The zero-order valence-corrected chi connectivity index (χ0v) is 13.4. The quantitative estimate of drug-likeness (QED) is 0.922. The molecule has 0 aliphatic carbocycles. The Balaban J connectivity index is 2.07. The zero-order valence-electron chi connectivity index (χ0n) is 13.4. The predicted molar refractivity (Wildman–Crippen MR) is 84.2 cm³/mol.